The minimum Gasteiger partial charge on any atom is -0.482 e. The number of hydrogen-bond acceptors (Lipinski definition) is 8. The van der Waals surface area contributed by atoms with Gasteiger partial charge < -0.3 is 14.5 Å². The molecule has 0 bridgehead atoms. The summed E-state index contributed by atoms with van der Waals surface area (Å²) in [5.41, 5.74) is 2.11. The molecule has 4 rings (SSSR count). The van der Waals surface area contributed by atoms with Crippen molar-refractivity contribution in [3.8, 4) is 17.0 Å². The first kappa shape index (κ1) is 18.6. The van der Waals surface area contributed by atoms with Gasteiger partial charge in [-0.3, -0.25) is 19.9 Å². The Morgan fingerprint density at radius 2 is 2.24 bits per heavy atom. The predicted molar refractivity (Wildman–Crippen MR) is 106 cm³/mol. The van der Waals surface area contributed by atoms with Crippen molar-refractivity contribution in [3.05, 3.63) is 56.4 Å². The zero-order chi connectivity index (χ0) is 20.4. The largest absolute Gasteiger partial charge is 0.482 e. The quantitative estimate of drug-likeness (QED) is 0.391. The number of amides is 1. The van der Waals surface area contributed by atoms with Crippen molar-refractivity contribution in [1.29, 1.82) is 0 Å². The van der Waals surface area contributed by atoms with E-state index in [4.69, 9.17) is 9.15 Å². The van der Waals surface area contributed by atoms with Crippen LogP contribution < -0.4 is 14.9 Å². The van der Waals surface area contributed by atoms with Crippen LogP contribution in [0, 0.1) is 10.1 Å². The minimum absolute atomic E-state index is 0.0100. The third-order valence-corrected chi connectivity index (χ3v) is 4.83. The summed E-state index contributed by atoms with van der Waals surface area (Å²) in [5.74, 6) is 0.271. The maximum Gasteiger partial charge on any atom is 0.433 e. The number of carbonyl (C=O) groups is 1. The van der Waals surface area contributed by atoms with Crippen LogP contribution in [0.4, 0.5) is 11.6 Å². The Morgan fingerprint density at radius 3 is 3.00 bits per heavy atom. The van der Waals surface area contributed by atoms with E-state index in [1.807, 2.05) is 18.4 Å². The summed E-state index contributed by atoms with van der Waals surface area (Å²) in [5, 5.41) is 19.9. The van der Waals surface area contributed by atoms with Gasteiger partial charge in [-0.15, -0.1) is 11.3 Å². The second-order valence-corrected chi connectivity index (χ2v) is 6.75. The number of nitro groups is 1. The SMILES string of the molecule is CCN=c1scc(-c2ccc3c(c2)NC(=O)CO3)n1N=Cc1ccc([N+](=O)[O-])o1. The van der Waals surface area contributed by atoms with Crippen molar-refractivity contribution >= 4 is 35.0 Å². The Balaban J connectivity index is 1.74. The molecule has 1 amide bonds. The summed E-state index contributed by atoms with van der Waals surface area (Å²) in [7, 11) is 0. The van der Waals surface area contributed by atoms with Gasteiger partial charge in [-0.25, -0.2) is 4.68 Å². The lowest BCUT2D eigenvalue weighted by molar-refractivity contribution is -0.402. The van der Waals surface area contributed by atoms with Crippen LogP contribution in [0.2, 0.25) is 0 Å². The van der Waals surface area contributed by atoms with Gasteiger partial charge in [0.15, 0.2) is 12.4 Å². The minimum atomic E-state index is -0.609. The van der Waals surface area contributed by atoms with E-state index in [-0.39, 0.29) is 24.2 Å². The molecule has 0 radical (unpaired) electrons. The van der Waals surface area contributed by atoms with Crippen molar-refractivity contribution in [3.63, 3.8) is 0 Å². The van der Waals surface area contributed by atoms with E-state index >= 15 is 0 Å². The highest BCUT2D eigenvalue weighted by Crippen LogP contribution is 2.32. The topological polar surface area (TPSA) is 124 Å². The molecule has 3 aromatic rings. The molecule has 0 spiro atoms. The van der Waals surface area contributed by atoms with Gasteiger partial charge in [0.2, 0.25) is 4.80 Å². The number of benzene rings is 1. The second kappa shape index (κ2) is 7.72. The standard InChI is InChI=1S/C18H15N5O5S/c1-2-19-18-22(20-8-12-4-6-17(28-12)23(25)26)14(10-29-18)11-3-5-15-13(7-11)21-16(24)9-27-15/h3-8,10H,2,9H2,1H3,(H,21,24). The van der Waals surface area contributed by atoms with E-state index in [2.05, 4.69) is 15.4 Å². The predicted octanol–water partition coefficient (Wildman–Crippen LogP) is 2.85. The first-order chi connectivity index (χ1) is 14.0. The van der Waals surface area contributed by atoms with Crippen molar-refractivity contribution < 1.29 is 18.9 Å². The molecule has 10 nitrogen and oxygen atoms in total. The van der Waals surface area contributed by atoms with Crippen LogP contribution in [0.25, 0.3) is 11.3 Å². The molecule has 1 aromatic carbocycles. The molecule has 1 N–H and O–H groups in total. The molecular weight excluding hydrogens is 398 g/mol. The van der Waals surface area contributed by atoms with Crippen LogP contribution in [-0.4, -0.2) is 34.9 Å². The van der Waals surface area contributed by atoms with Gasteiger partial charge in [-0.2, -0.15) is 5.10 Å². The van der Waals surface area contributed by atoms with Gasteiger partial charge in [-0.1, -0.05) is 0 Å². The van der Waals surface area contributed by atoms with Gasteiger partial charge in [0.25, 0.3) is 5.91 Å². The van der Waals surface area contributed by atoms with Crippen molar-refractivity contribution in [1.82, 2.24) is 4.68 Å². The maximum absolute atomic E-state index is 11.6. The first-order valence-electron chi connectivity index (χ1n) is 8.62. The molecule has 0 unspecified atom stereocenters. The van der Waals surface area contributed by atoms with Gasteiger partial charge >= 0.3 is 5.88 Å². The number of furan rings is 1. The molecule has 2 aromatic heterocycles. The molecule has 11 heteroatoms. The molecule has 0 fully saturated rings. The van der Waals surface area contributed by atoms with E-state index in [1.165, 1.54) is 29.7 Å². The lowest BCUT2D eigenvalue weighted by Gasteiger charge is -2.18. The molecule has 0 saturated heterocycles. The average Bonchev–Trinajstić information content (AvgIpc) is 3.33. The molecule has 0 aliphatic carbocycles. The van der Waals surface area contributed by atoms with E-state index in [0.29, 0.717) is 22.8 Å². The van der Waals surface area contributed by atoms with E-state index in [9.17, 15) is 14.9 Å². The Kier molecular flexibility index (Phi) is 4.96. The number of carbonyl (C=O) groups excluding carboxylic acids is 1. The Hall–Kier alpha value is -3.73. The highest BCUT2D eigenvalue weighted by Gasteiger charge is 2.18. The fraction of sp³-hybridized carbons (Fsp3) is 0.167. The number of nitrogens with zero attached hydrogens (tertiary/aromatic N) is 4. The van der Waals surface area contributed by atoms with Crippen molar-refractivity contribution in [2.24, 2.45) is 10.1 Å². The van der Waals surface area contributed by atoms with Gasteiger partial charge in [0, 0.05) is 17.5 Å². The number of ether oxygens (including phenoxy) is 1. The monoisotopic (exact) mass is 413 g/mol. The molecule has 1 aliphatic rings. The smallest absolute Gasteiger partial charge is 0.433 e. The molecule has 0 atom stereocenters. The van der Waals surface area contributed by atoms with Crippen LogP contribution in [0.3, 0.4) is 0 Å². The zero-order valence-corrected chi connectivity index (χ0v) is 16.0. The summed E-state index contributed by atoms with van der Waals surface area (Å²) in [4.78, 5) is 26.9. The van der Waals surface area contributed by atoms with Gasteiger partial charge in [0.1, 0.15) is 10.7 Å². The number of rotatable bonds is 5. The van der Waals surface area contributed by atoms with Crippen molar-refractivity contribution in [2.75, 3.05) is 18.5 Å². The summed E-state index contributed by atoms with van der Waals surface area (Å²) < 4.78 is 12.1. The Morgan fingerprint density at radius 1 is 1.38 bits per heavy atom. The number of hydrogen-bond donors (Lipinski definition) is 1. The van der Waals surface area contributed by atoms with Crippen LogP contribution in [0.15, 0.2) is 50.2 Å². The third-order valence-electron chi connectivity index (χ3n) is 3.98. The zero-order valence-electron chi connectivity index (χ0n) is 15.2. The number of aromatic nitrogens is 1. The fourth-order valence-electron chi connectivity index (χ4n) is 2.72. The Labute approximate surface area is 167 Å². The number of thiazole rings is 1. The molecule has 148 valence electrons. The van der Waals surface area contributed by atoms with Crippen LogP contribution in [-0.2, 0) is 4.79 Å². The normalized spacial score (nSPS) is 14.0. The highest BCUT2D eigenvalue weighted by atomic mass is 32.1. The number of anilines is 1. The third kappa shape index (κ3) is 3.80. The van der Waals surface area contributed by atoms with Gasteiger partial charge in [-0.05, 0) is 31.2 Å². The summed E-state index contributed by atoms with van der Waals surface area (Å²) in [6.07, 6.45) is 1.39. The van der Waals surface area contributed by atoms with E-state index < -0.39 is 4.92 Å². The van der Waals surface area contributed by atoms with Gasteiger partial charge in [0.05, 0.1) is 23.7 Å². The van der Waals surface area contributed by atoms with E-state index in [1.54, 1.807) is 16.8 Å². The highest BCUT2D eigenvalue weighted by molar-refractivity contribution is 7.07. The summed E-state index contributed by atoms with van der Waals surface area (Å²) >= 11 is 1.40. The van der Waals surface area contributed by atoms with Crippen LogP contribution in [0.5, 0.6) is 5.75 Å². The first-order valence-corrected chi connectivity index (χ1v) is 9.50. The van der Waals surface area contributed by atoms with Crippen LogP contribution in [0.1, 0.15) is 12.7 Å². The summed E-state index contributed by atoms with van der Waals surface area (Å²) in [6.45, 7) is 2.47. The number of fused-ring (bicyclic) bond motifs is 1. The molecule has 3 heterocycles. The van der Waals surface area contributed by atoms with E-state index in [0.717, 1.165) is 11.3 Å². The lowest BCUT2D eigenvalue weighted by atomic mass is 10.1. The molecule has 1 aliphatic heterocycles. The van der Waals surface area contributed by atoms with Crippen molar-refractivity contribution in [2.45, 2.75) is 6.92 Å². The molecule has 0 saturated carbocycles. The maximum atomic E-state index is 11.6. The number of nitrogens with one attached hydrogen (secondary N) is 1. The molecule has 29 heavy (non-hydrogen) atoms. The fourth-order valence-corrected chi connectivity index (χ4v) is 3.62. The lowest BCUT2D eigenvalue weighted by Crippen LogP contribution is -2.25. The second-order valence-electron chi connectivity index (χ2n) is 5.92. The average molecular weight is 413 g/mol. The molecular formula is C18H15N5O5S. The Bertz CT molecular complexity index is 1190. The summed E-state index contributed by atoms with van der Waals surface area (Å²) in [6, 6.07) is 8.18. The van der Waals surface area contributed by atoms with Crippen LogP contribution >= 0.6 is 11.3 Å².